The maximum absolute atomic E-state index is 12.7. The van der Waals surface area contributed by atoms with Gasteiger partial charge in [-0.2, -0.15) is 13.2 Å². The summed E-state index contributed by atoms with van der Waals surface area (Å²) in [6.07, 6.45) is -0.371. The van der Waals surface area contributed by atoms with Gasteiger partial charge in [-0.1, -0.05) is 42.5 Å². The Balaban J connectivity index is 1.83. The SMILES string of the molecule is FC(F)(F)c1cccc([CH]C2CCc3ccccc32)c1. The smallest absolute Gasteiger partial charge is 0.166 e. The summed E-state index contributed by atoms with van der Waals surface area (Å²) in [6.45, 7) is 0. The van der Waals surface area contributed by atoms with Crippen LogP contribution in [0.2, 0.25) is 0 Å². The van der Waals surface area contributed by atoms with Crippen LogP contribution in [0.1, 0.15) is 34.6 Å². The average molecular weight is 275 g/mol. The molecule has 0 aromatic heterocycles. The lowest BCUT2D eigenvalue weighted by atomic mass is 9.93. The number of halogens is 3. The van der Waals surface area contributed by atoms with E-state index in [9.17, 15) is 13.2 Å². The lowest BCUT2D eigenvalue weighted by molar-refractivity contribution is -0.137. The van der Waals surface area contributed by atoms with Gasteiger partial charge in [0, 0.05) is 0 Å². The average Bonchev–Trinajstić information content (AvgIpc) is 2.82. The Morgan fingerprint density at radius 2 is 1.80 bits per heavy atom. The first-order valence-electron chi connectivity index (χ1n) is 6.64. The van der Waals surface area contributed by atoms with Crippen molar-refractivity contribution in [2.45, 2.75) is 24.9 Å². The number of hydrogen-bond acceptors (Lipinski definition) is 0. The monoisotopic (exact) mass is 275 g/mol. The molecule has 1 unspecified atom stereocenters. The van der Waals surface area contributed by atoms with Crippen LogP contribution in [-0.4, -0.2) is 0 Å². The summed E-state index contributed by atoms with van der Waals surface area (Å²) in [5.74, 6) is 0.217. The van der Waals surface area contributed by atoms with E-state index in [1.807, 2.05) is 18.6 Å². The van der Waals surface area contributed by atoms with E-state index in [1.54, 1.807) is 6.07 Å². The van der Waals surface area contributed by atoms with Crippen molar-refractivity contribution in [1.82, 2.24) is 0 Å². The highest BCUT2D eigenvalue weighted by molar-refractivity contribution is 5.41. The van der Waals surface area contributed by atoms with E-state index in [0.717, 1.165) is 18.9 Å². The number of rotatable bonds is 2. The number of aryl methyl sites for hydroxylation is 1. The molecule has 0 amide bonds. The van der Waals surface area contributed by atoms with Gasteiger partial charge < -0.3 is 0 Å². The molecule has 0 aliphatic heterocycles. The summed E-state index contributed by atoms with van der Waals surface area (Å²) in [6, 6.07) is 13.7. The highest BCUT2D eigenvalue weighted by atomic mass is 19.4. The number of alkyl halides is 3. The van der Waals surface area contributed by atoms with E-state index in [0.29, 0.717) is 5.56 Å². The second-order valence-electron chi connectivity index (χ2n) is 5.13. The van der Waals surface area contributed by atoms with Crippen LogP contribution in [0.15, 0.2) is 48.5 Å². The van der Waals surface area contributed by atoms with Crippen LogP contribution in [0.3, 0.4) is 0 Å². The zero-order valence-electron chi connectivity index (χ0n) is 10.8. The maximum atomic E-state index is 12.7. The summed E-state index contributed by atoms with van der Waals surface area (Å²) in [5.41, 5.74) is 2.60. The van der Waals surface area contributed by atoms with Crippen molar-refractivity contribution < 1.29 is 13.2 Å². The first kappa shape index (κ1) is 13.2. The van der Waals surface area contributed by atoms with Crippen molar-refractivity contribution in [2.24, 2.45) is 0 Å². The normalized spacial score (nSPS) is 18.1. The van der Waals surface area contributed by atoms with Crippen LogP contribution in [0.25, 0.3) is 0 Å². The fourth-order valence-corrected chi connectivity index (χ4v) is 2.81. The van der Waals surface area contributed by atoms with Crippen LogP contribution in [0, 0.1) is 6.42 Å². The maximum Gasteiger partial charge on any atom is 0.416 e. The van der Waals surface area contributed by atoms with Crippen LogP contribution < -0.4 is 0 Å². The van der Waals surface area contributed by atoms with E-state index in [-0.39, 0.29) is 5.92 Å². The molecule has 0 bridgehead atoms. The molecule has 0 nitrogen and oxygen atoms in total. The molecular weight excluding hydrogens is 261 g/mol. The molecule has 0 saturated carbocycles. The van der Waals surface area contributed by atoms with Gasteiger partial charge in [0.1, 0.15) is 0 Å². The summed E-state index contributed by atoms with van der Waals surface area (Å²) < 4.78 is 38.1. The summed E-state index contributed by atoms with van der Waals surface area (Å²) in [7, 11) is 0. The Morgan fingerprint density at radius 1 is 1.00 bits per heavy atom. The van der Waals surface area contributed by atoms with Crippen molar-refractivity contribution in [3.8, 4) is 0 Å². The Hall–Kier alpha value is -1.77. The molecule has 1 aliphatic rings. The van der Waals surface area contributed by atoms with Gasteiger partial charge >= 0.3 is 6.18 Å². The second kappa shape index (κ2) is 4.97. The zero-order valence-corrected chi connectivity index (χ0v) is 10.8. The summed E-state index contributed by atoms with van der Waals surface area (Å²) in [5, 5.41) is 0. The van der Waals surface area contributed by atoms with E-state index in [2.05, 4.69) is 12.1 Å². The van der Waals surface area contributed by atoms with Gasteiger partial charge in [0.05, 0.1) is 5.56 Å². The summed E-state index contributed by atoms with van der Waals surface area (Å²) in [4.78, 5) is 0. The van der Waals surface area contributed by atoms with Gasteiger partial charge in [0.15, 0.2) is 0 Å². The highest BCUT2D eigenvalue weighted by Gasteiger charge is 2.31. The van der Waals surface area contributed by atoms with E-state index < -0.39 is 11.7 Å². The minimum absolute atomic E-state index is 0.217. The third-order valence-electron chi connectivity index (χ3n) is 3.79. The third-order valence-corrected chi connectivity index (χ3v) is 3.79. The van der Waals surface area contributed by atoms with Crippen LogP contribution >= 0.6 is 0 Å². The summed E-state index contributed by atoms with van der Waals surface area (Å²) >= 11 is 0. The first-order chi connectivity index (χ1) is 9.54. The van der Waals surface area contributed by atoms with Crippen molar-refractivity contribution in [3.05, 3.63) is 77.2 Å². The van der Waals surface area contributed by atoms with Crippen LogP contribution in [0.5, 0.6) is 0 Å². The van der Waals surface area contributed by atoms with Crippen molar-refractivity contribution in [3.63, 3.8) is 0 Å². The van der Waals surface area contributed by atoms with E-state index in [1.165, 1.54) is 23.3 Å². The predicted octanol–water partition coefficient (Wildman–Crippen LogP) is 4.99. The molecule has 103 valence electrons. The Morgan fingerprint density at radius 3 is 2.60 bits per heavy atom. The van der Waals surface area contributed by atoms with Crippen LogP contribution in [-0.2, 0) is 12.6 Å². The van der Waals surface area contributed by atoms with Gasteiger partial charge in [0.25, 0.3) is 0 Å². The van der Waals surface area contributed by atoms with Gasteiger partial charge in [-0.25, -0.2) is 0 Å². The minimum Gasteiger partial charge on any atom is -0.166 e. The molecule has 1 atom stereocenters. The van der Waals surface area contributed by atoms with Crippen molar-refractivity contribution in [1.29, 1.82) is 0 Å². The highest BCUT2D eigenvalue weighted by Crippen LogP contribution is 2.37. The molecule has 1 radical (unpaired) electrons. The predicted molar refractivity (Wildman–Crippen MR) is 72.4 cm³/mol. The van der Waals surface area contributed by atoms with E-state index in [4.69, 9.17) is 0 Å². The lowest BCUT2D eigenvalue weighted by Crippen LogP contribution is -2.05. The third kappa shape index (κ3) is 2.58. The quantitative estimate of drug-likeness (QED) is 0.724. The zero-order chi connectivity index (χ0) is 14.2. The fourth-order valence-electron chi connectivity index (χ4n) is 2.81. The molecular formula is C17H14F3. The Kier molecular flexibility index (Phi) is 3.28. The number of hydrogen-bond donors (Lipinski definition) is 0. The first-order valence-corrected chi connectivity index (χ1v) is 6.64. The topological polar surface area (TPSA) is 0 Å². The van der Waals surface area contributed by atoms with E-state index >= 15 is 0 Å². The van der Waals surface area contributed by atoms with Crippen molar-refractivity contribution in [2.75, 3.05) is 0 Å². The molecule has 2 aromatic rings. The molecule has 0 heterocycles. The number of fused-ring (bicyclic) bond motifs is 1. The van der Waals surface area contributed by atoms with Gasteiger partial charge in [-0.3, -0.25) is 0 Å². The molecule has 1 aliphatic carbocycles. The number of benzene rings is 2. The molecule has 3 rings (SSSR count). The van der Waals surface area contributed by atoms with Gasteiger partial charge in [-0.05, 0) is 47.9 Å². The Labute approximate surface area is 116 Å². The van der Waals surface area contributed by atoms with Crippen molar-refractivity contribution >= 4 is 0 Å². The molecule has 0 saturated heterocycles. The second-order valence-corrected chi connectivity index (χ2v) is 5.13. The Bertz CT molecular complexity index is 614. The van der Waals surface area contributed by atoms with Crippen LogP contribution in [0.4, 0.5) is 13.2 Å². The largest absolute Gasteiger partial charge is 0.416 e. The standard InChI is InChI=1S/C17H14F3/c18-17(19,20)15-6-3-4-12(11-15)10-14-9-8-13-5-1-2-7-16(13)14/h1-7,10-11,14H,8-9H2. The fraction of sp³-hybridized carbons (Fsp3) is 0.235. The van der Waals surface area contributed by atoms with Gasteiger partial charge in [0.2, 0.25) is 0 Å². The molecule has 2 aromatic carbocycles. The minimum atomic E-state index is -4.28. The van der Waals surface area contributed by atoms with Gasteiger partial charge in [-0.15, -0.1) is 0 Å². The molecule has 0 fully saturated rings. The molecule has 0 N–H and O–H groups in total. The lowest BCUT2D eigenvalue weighted by Gasteiger charge is -2.13. The molecule has 20 heavy (non-hydrogen) atoms. The molecule has 0 spiro atoms. The molecule has 3 heteroatoms.